The molecule has 0 aliphatic carbocycles. The van der Waals surface area contributed by atoms with E-state index in [0.717, 1.165) is 31.6 Å². The average molecular weight is 417 g/mol. The minimum absolute atomic E-state index is 0. The summed E-state index contributed by atoms with van der Waals surface area (Å²) in [6.45, 7) is 1.67. The number of nitrogens with zero attached hydrogens (tertiary/aromatic N) is 2. The molecule has 0 amide bonds. The van der Waals surface area contributed by atoms with Gasteiger partial charge in [0.05, 0.1) is 5.71 Å². The second kappa shape index (κ2) is 14.7. The van der Waals surface area contributed by atoms with Gasteiger partial charge in [-0.25, -0.2) is 1.37 Å². The van der Waals surface area contributed by atoms with Crippen molar-refractivity contribution in [3.8, 4) is 0 Å². The smallest absolute Gasteiger partial charge is 0.0536 e. The van der Waals surface area contributed by atoms with Gasteiger partial charge in [-0.15, -0.1) is 13.1 Å². The summed E-state index contributed by atoms with van der Waals surface area (Å²) >= 11 is 0. The summed E-state index contributed by atoms with van der Waals surface area (Å²) < 4.78 is 5.50. The largest absolute Gasteiger partial charge is 0.662 e. The molecule has 5 heteroatoms. The van der Waals surface area contributed by atoms with Crippen LogP contribution in [-0.4, -0.2) is 24.0 Å². The average Bonchev–Trinajstić information content (AvgIpc) is 2.10. The van der Waals surface area contributed by atoms with Gasteiger partial charge in [-0.1, -0.05) is 5.16 Å². The van der Waals surface area contributed by atoms with Crippen molar-refractivity contribution in [2.24, 2.45) is 5.16 Å². The Morgan fingerprint density at radius 2 is 1.75 bits per heavy atom. The van der Waals surface area contributed by atoms with Gasteiger partial charge in [0, 0.05) is 53.8 Å². The molecule has 3 nitrogen and oxygen atoms in total. The van der Waals surface area contributed by atoms with Gasteiger partial charge in [0.2, 0.25) is 0 Å². The van der Waals surface area contributed by atoms with E-state index in [1.54, 1.807) is 0 Å². The van der Waals surface area contributed by atoms with Crippen LogP contribution in [0.2, 0.25) is 0 Å². The Morgan fingerprint density at radius 1 is 1.33 bits per heavy atom. The van der Waals surface area contributed by atoms with Crippen molar-refractivity contribution < 1.29 is 60.4 Å². The summed E-state index contributed by atoms with van der Waals surface area (Å²) in [4.78, 5) is 0. The van der Waals surface area contributed by atoms with Crippen LogP contribution < -0.4 is 0 Å². The van der Waals surface area contributed by atoms with Crippen LogP contribution in [0.3, 0.4) is 0 Å². The van der Waals surface area contributed by atoms with E-state index < -0.39 is 0 Å². The molecule has 0 aromatic rings. The van der Waals surface area contributed by atoms with Crippen LogP contribution in [0, 0.1) is 14.8 Å². The van der Waals surface area contributed by atoms with Gasteiger partial charge < -0.3 is 25.4 Å². The molecule has 1 radical (unpaired) electrons. The van der Waals surface area contributed by atoms with Crippen molar-refractivity contribution in [1.29, 1.82) is 0 Å². The third-order valence-corrected chi connectivity index (χ3v) is 1.26. The minimum Gasteiger partial charge on any atom is -0.662 e. The van der Waals surface area contributed by atoms with Gasteiger partial charge in [0.15, 0.2) is 0 Å². The normalized spacial score (nSPS) is 14.4. The van der Waals surface area contributed by atoms with Crippen LogP contribution in [0.1, 0.15) is 14.2 Å². The van der Waals surface area contributed by atoms with Crippen LogP contribution in [0.5, 0.6) is 0 Å². The van der Waals surface area contributed by atoms with E-state index in [-0.39, 0.29) is 61.2 Å². The molecule has 1 rings (SSSR count). The van der Waals surface area contributed by atoms with Crippen molar-refractivity contribution in [2.75, 3.05) is 13.1 Å². The molecule has 71 valence electrons. The van der Waals surface area contributed by atoms with E-state index in [9.17, 15) is 0 Å². The monoisotopic (exact) mass is 417 g/mol. The maximum Gasteiger partial charge on any atom is 0.0536 e. The van der Waals surface area contributed by atoms with E-state index in [0.29, 0.717) is 0 Å². The predicted molar refractivity (Wildman–Crippen MR) is 44.4 cm³/mol. The first-order valence-corrected chi connectivity index (χ1v) is 2.76. The standard InChI is InChI=1S/C5H9N2O.2CH3.W.Y/c8-7-5-1-3-6-4-2-5;;;;/h8H,1-4H2;2*1H3;;/q3*-1;;/i;1D;;;. The zero-order chi connectivity index (χ0) is 7.82. The molecule has 1 aliphatic rings. The van der Waals surface area contributed by atoms with E-state index in [2.05, 4.69) is 17.9 Å². The summed E-state index contributed by atoms with van der Waals surface area (Å²) in [5.74, 6) is 0. The topological polar surface area (TPSA) is 46.7 Å². The minimum atomic E-state index is 0. The summed E-state index contributed by atoms with van der Waals surface area (Å²) in [5, 5.41) is 15.4. The number of piperidine rings is 1. The van der Waals surface area contributed by atoms with E-state index in [4.69, 9.17) is 6.58 Å². The Hall–Kier alpha value is 1.22. The molecule has 0 spiro atoms. The first kappa shape index (κ1) is 18.9. The van der Waals surface area contributed by atoms with Crippen molar-refractivity contribution in [3.05, 3.63) is 20.1 Å². The summed E-state index contributed by atoms with van der Waals surface area (Å²) in [6.07, 6.45) is 1.69. The van der Waals surface area contributed by atoms with Crippen LogP contribution in [0.4, 0.5) is 0 Å². The number of hydrogen-bond donors (Lipinski definition) is 1. The van der Waals surface area contributed by atoms with Crippen molar-refractivity contribution in [3.63, 3.8) is 0 Å². The molecule has 1 aliphatic heterocycles. The zero-order valence-electron chi connectivity index (χ0n) is 8.36. The quantitative estimate of drug-likeness (QED) is 0.366. The number of hydrogen-bond acceptors (Lipinski definition) is 2. The van der Waals surface area contributed by atoms with Gasteiger partial charge in [0.25, 0.3) is 0 Å². The molecule has 1 heterocycles. The Morgan fingerprint density at radius 3 is 2.00 bits per heavy atom. The third-order valence-electron chi connectivity index (χ3n) is 1.26. The third kappa shape index (κ3) is 9.31. The van der Waals surface area contributed by atoms with Gasteiger partial charge in [-0.05, 0) is 12.8 Å². The molecule has 1 N–H and O–H groups in total. The Bertz CT molecular complexity index is 109. The molecule has 0 unspecified atom stereocenters. The van der Waals surface area contributed by atoms with Gasteiger partial charge in [0.1, 0.15) is 0 Å². The molecule has 1 fully saturated rings. The Labute approximate surface area is 116 Å². The number of rotatable bonds is 0. The van der Waals surface area contributed by atoms with E-state index in [1.165, 1.54) is 0 Å². The summed E-state index contributed by atoms with van der Waals surface area (Å²) in [5.41, 5.74) is 0.889. The second-order valence-electron chi connectivity index (χ2n) is 1.84. The molecule has 1 saturated heterocycles. The van der Waals surface area contributed by atoms with E-state index >= 15 is 0 Å². The predicted octanol–water partition coefficient (Wildman–Crippen LogP) is 1.88. The molecule has 12 heavy (non-hydrogen) atoms. The molecule has 0 atom stereocenters. The fourth-order valence-electron chi connectivity index (χ4n) is 0.753. The molecular weight excluding hydrogens is 401 g/mol. The van der Waals surface area contributed by atoms with Gasteiger partial charge in [-0.3, -0.25) is 0 Å². The first-order chi connectivity index (χ1) is 4.93. The van der Waals surface area contributed by atoms with Gasteiger partial charge in [-0.2, -0.15) is 0 Å². The zero-order valence-corrected chi connectivity index (χ0v) is 13.1. The maximum atomic E-state index is 8.24. The summed E-state index contributed by atoms with van der Waals surface area (Å²) in [6, 6.07) is 0. The van der Waals surface area contributed by atoms with Crippen molar-refractivity contribution in [1.82, 2.24) is 0 Å². The molecule has 0 saturated carbocycles. The molecule has 0 aromatic heterocycles. The SMILES string of the molecule is ON=C1CC[N-]CC1.[2H][CH2-].[CH3-].[W].[Y]. The summed E-state index contributed by atoms with van der Waals surface area (Å²) in [7, 11) is 2.50. The van der Waals surface area contributed by atoms with E-state index in [1.807, 2.05) is 0 Å². The van der Waals surface area contributed by atoms with Crippen LogP contribution >= 0.6 is 0 Å². The van der Waals surface area contributed by atoms with Crippen molar-refractivity contribution in [2.45, 2.75) is 12.8 Å². The van der Waals surface area contributed by atoms with Crippen LogP contribution in [0.25, 0.3) is 5.32 Å². The Balaban J connectivity index is -0.0000000761. The van der Waals surface area contributed by atoms with Crippen molar-refractivity contribution >= 4 is 5.71 Å². The fourth-order valence-corrected chi connectivity index (χ4v) is 0.753. The molecular formula is C7H15N2OWY-3. The van der Waals surface area contributed by atoms with Crippen LogP contribution in [0.15, 0.2) is 5.16 Å². The Kier molecular flexibility index (Phi) is 23.2. The second-order valence-corrected chi connectivity index (χ2v) is 1.84. The maximum absolute atomic E-state index is 8.24. The fraction of sp³-hybridized carbons (Fsp3) is 0.571. The number of oxime groups is 1. The molecule has 0 aromatic carbocycles. The van der Waals surface area contributed by atoms with Crippen LogP contribution in [-0.2, 0) is 53.8 Å². The molecule has 0 bridgehead atoms. The first-order valence-electron chi connectivity index (χ1n) is 3.47. The van der Waals surface area contributed by atoms with Gasteiger partial charge >= 0.3 is 0 Å².